The molecular weight excluding hydrogens is 237 g/mol. The Hall–Kier alpha value is -0.770. The van der Waals surface area contributed by atoms with Gasteiger partial charge in [-0.3, -0.25) is 0 Å². The Morgan fingerprint density at radius 3 is 2.62 bits per heavy atom. The number of nitrogens with two attached hydrogens (primary N) is 1. The molecule has 0 aliphatic heterocycles. The molecule has 0 saturated carbocycles. The summed E-state index contributed by atoms with van der Waals surface area (Å²) in [5, 5.41) is 0. The average molecular weight is 248 g/mol. The second kappa shape index (κ2) is 3.96. The molecule has 0 saturated heterocycles. The molecule has 2 nitrogen and oxygen atoms in total. The van der Waals surface area contributed by atoms with Gasteiger partial charge >= 0.3 is 0 Å². The highest BCUT2D eigenvalue weighted by Gasteiger charge is 2.09. The van der Waals surface area contributed by atoms with Crippen LogP contribution in [0.4, 0.5) is 10.1 Å². The van der Waals surface area contributed by atoms with Gasteiger partial charge in [0, 0.05) is 0 Å². The Morgan fingerprint density at radius 2 is 2.08 bits per heavy atom. The number of halogens is 2. The second-order valence-electron chi connectivity index (χ2n) is 2.94. The third kappa shape index (κ3) is 2.34. The van der Waals surface area contributed by atoms with Crippen LogP contribution in [-0.2, 0) is 0 Å². The van der Waals surface area contributed by atoms with Crippen LogP contribution in [0.25, 0.3) is 0 Å². The van der Waals surface area contributed by atoms with E-state index in [0.717, 1.165) is 0 Å². The van der Waals surface area contributed by atoms with Gasteiger partial charge in [0.25, 0.3) is 0 Å². The minimum Gasteiger partial charge on any atom is -0.489 e. The van der Waals surface area contributed by atoms with Gasteiger partial charge in [-0.2, -0.15) is 0 Å². The van der Waals surface area contributed by atoms with Crippen molar-refractivity contribution < 1.29 is 9.13 Å². The van der Waals surface area contributed by atoms with Crippen molar-refractivity contribution in [2.24, 2.45) is 0 Å². The number of nitrogen functional groups attached to an aromatic ring is 1. The normalized spacial score (nSPS) is 10.5. The van der Waals surface area contributed by atoms with Crippen LogP contribution in [0.1, 0.15) is 13.8 Å². The predicted molar refractivity (Wildman–Crippen MR) is 54.3 cm³/mol. The van der Waals surface area contributed by atoms with E-state index in [2.05, 4.69) is 15.9 Å². The van der Waals surface area contributed by atoms with Gasteiger partial charge in [-0.25, -0.2) is 4.39 Å². The Balaban J connectivity index is 3.04. The van der Waals surface area contributed by atoms with Crippen molar-refractivity contribution in [2.75, 3.05) is 5.73 Å². The zero-order chi connectivity index (χ0) is 10.0. The quantitative estimate of drug-likeness (QED) is 0.816. The first-order valence-electron chi connectivity index (χ1n) is 3.92. The van der Waals surface area contributed by atoms with Gasteiger partial charge in [0.05, 0.1) is 16.3 Å². The molecule has 1 rings (SSSR count). The fourth-order valence-corrected chi connectivity index (χ4v) is 1.23. The first-order chi connectivity index (χ1) is 6.02. The molecule has 1 aromatic carbocycles. The minimum atomic E-state index is -0.381. The molecule has 0 aliphatic rings. The molecule has 2 N–H and O–H groups in total. The van der Waals surface area contributed by atoms with E-state index in [1.165, 1.54) is 12.1 Å². The van der Waals surface area contributed by atoms with Gasteiger partial charge in [-0.1, -0.05) is 0 Å². The fraction of sp³-hybridized carbons (Fsp3) is 0.333. The average Bonchev–Trinajstić information content (AvgIpc) is 2.06. The summed E-state index contributed by atoms with van der Waals surface area (Å²) in [6.45, 7) is 3.77. The van der Waals surface area contributed by atoms with Crippen LogP contribution < -0.4 is 10.5 Å². The van der Waals surface area contributed by atoms with Crippen molar-refractivity contribution in [2.45, 2.75) is 20.0 Å². The lowest BCUT2D eigenvalue weighted by atomic mass is 10.3. The summed E-state index contributed by atoms with van der Waals surface area (Å²) in [6.07, 6.45) is 0.0275. The van der Waals surface area contributed by atoms with E-state index < -0.39 is 0 Å². The lowest BCUT2D eigenvalue weighted by Crippen LogP contribution is -2.08. The highest BCUT2D eigenvalue weighted by atomic mass is 79.9. The molecular formula is C9H11BrFNO. The number of anilines is 1. The molecule has 0 aromatic heterocycles. The number of ether oxygens (including phenoxy) is 1. The predicted octanol–water partition coefficient (Wildman–Crippen LogP) is 2.96. The summed E-state index contributed by atoms with van der Waals surface area (Å²) in [7, 11) is 0. The molecule has 0 spiro atoms. The van der Waals surface area contributed by atoms with Gasteiger partial charge in [-0.05, 0) is 41.9 Å². The molecule has 4 heteroatoms. The van der Waals surface area contributed by atoms with Crippen molar-refractivity contribution in [3.63, 3.8) is 0 Å². The van der Waals surface area contributed by atoms with Gasteiger partial charge < -0.3 is 10.5 Å². The molecule has 1 aromatic rings. The van der Waals surface area contributed by atoms with Crippen LogP contribution in [0.15, 0.2) is 16.6 Å². The Bertz CT molecular complexity index is 315. The SMILES string of the molecule is CC(C)Oc1ccc(F)c(Br)c1N. The molecule has 72 valence electrons. The standard InChI is InChI=1S/C9H11BrFNO/c1-5(2)13-7-4-3-6(11)8(10)9(7)12/h3-5H,12H2,1-2H3. The summed E-state index contributed by atoms with van der Waals surface area (Å²) in [4.78, 5) is 0. The maximum atomic E-state index is 12.9. The maximum absolute atomic E-state index is 12.9. The summed E-state index contributed by atoms with van der Waals surface area (Å²) >= 11 is 3.04. The van der Waals surface area contributed by atoms with Crippen LogP contribution >= 0.6 is 15.9 Å². The molecule has 0 amide bonds. The van der Waals surface area contributed by atoms with Crippen LogP contribution in [-0.4, -0.2) is 6.10 Å². The van der Waals surface area contributed by atoms with Crippen molar-refractivity contribution in [3.05, 3.63) is 22.4 Å². The van der Waals surface area contributed by atoms with Crippen LogP contribution in [0.2, 0.25) is 0 Å². The minimum absolute atomic E-state index is 0.0275. The lowest BCUT2D eigenvalue weighted by molar-refractivity contribution is 0.243. The Morgan fingerprint density at radius 1 is 1.46 bits per heavy atom. The van der Waals surface area contributed by atoms with E-state index in [-0.39, 0.29) is 16.4 Å². The fourth-order valence-electron chi connectivity index (χ4n) is 0.905. The van der Waals surface area contributed by atoms with Gasteiger partial charge in [0.2, 0.25) is 0 Å². The second-order valence-corrected chi connectivity index (χ2v) is 3.73. The first kappa shape index (κ1) is 10.3. The van der Waals surface area contributed by atoms with E-state index in [1.807, 2.05) is 13.8 Å². The summed E-state index contributed by atoms with van der Waals surface area (Å²) in [5.74, 6) is 0.122. The molecule has 0 atom stereocenters. The Kier molecular flexibility index (Phi) is 3.14. The Labute approximate surface area is 85.0 Å². The monoisotopic (exact) mass is 247 g/mol. The maximum Gasteiger partial charge on any atom is 0.143 e. The number of hydrogen-bond donors (Lipinski definition) is 1. The highest BCUT2D eigenvalue weighted by Crippen LogP contribution is 2.32. The summed E-state index contributed by atoms with van der Waals surface area (Å²) in [5.41, 5.74) is 5.92. The van der Waals surface area contributed by atoms with Crippen molar-refractivity contribution in [1.82, 2.24) is 0 Å². The molecule has 0 fully saturated rings. The number of hydrogen-bond acceptors (Lipinski definition) is 2. The smallest absolute Gasteiger partial charge is 0.143 e. The zero-order valence-electron chi connectivity index (χ0n) is 7.47. The van der Waals surface area contributed by atoms with E-state index in [0.29, 0.717) is 11.4 Å². The molecule has 0 unspecified atom stereocenters. The number of rotatable bonds is 2. The number of benzene rings is 1. The third-order valence-corrected chi connectivity index (χ3v) is 2.26. The van der Waals surface area contributed by atoms with Crippen molar-refractivity contribution in [1.29, 1.82) is 0 Å². The molecule has 0 heterocycles. The van der Waals surface area contributed by atoms with Crippen LogP contribution in [0.3, 0.4) is 0 Å². The van der Waals surface area contributed by atoms with Gasteiger partial charge in [-0.15, -0.1) is 0 Å². The zero-order valence-corrected chi connectivity index (χ0v) is 9.06. The first-order valence-corrected chi connectivity index (χ1v) is 4.71. The molecule has 0 bridgehead atoms. The van der Waals surface area contributed by atoms with Gasteiger partial charge in [0.15, 0.2) is 0 Å². The van der Waals surface area contributed by atoms with E-state index in [9.17, 15) is 4.39 Å². The highest BCUT2D eigenvalue weighted by molar-refractivity contribution is 9.10. The van der Waals surface area contributed by atoms with Crippen LogP contribution in [0, 0.1) is 5.82 Å². The lowest BCUT2D eigenvalue weighted by Gasteiger charge is -2.12. The van der Waals surface area contributed by atoms with Crippen molar-refractivity contribution >= 4 is 21.6 Å². The van der Waals surface area contributed by atoms with E-state index in [1.54, 1.807) is 0 Å². The van der Waals surface area contributed by atoms with Crippen molar-refractivity contribution in [3.8, 4) is 5.75 Å². The van der Waals surface area contributed by atoms with Gasteiger partial charge in [0.1, 0.15) is 11.6 Å². The third-order valence-electron chi connectivity index (χ3n) is 1.46. The topological polar surface area (TPSA) is 35.2 Å². The van der Waals surface area contributed by atoms with E-state index in [4.69, 9.17) is 10.5 Å². The molecule has 0 aliphatic carbocycles. The molecule has 0 radical (unpaired) electrons. The summed E-state index contributed by atoms with van der Waals surface area (Å²) < 4.78 is 18.5. The van der Waals surface area contributed by atoms with E-state index >= 15 is 0 Å². The largest absolute Gasteiger partial charge is 0.489 e. The molecule has 13 heavy (non-hydrogen) atoms. The van der Waals surface area contributed by atoms with Crippen LogP contribution in [0.5, 0.6) is 5.75 Å². The summed E-state index contributed by atoms with van der Waals surface area (Å²) in [6, 6.07) is 2.84.